The molecule has 2 aromatic carbocycles. The summed E-state index contributed by atoms with van der Waals surface area (Å²) < 4.78 is 24.2. The molecular formula is C30H29N3O6S. The van der Waals surface area contributed by atoms with Gasteiger partial charge in [-0.25, -0.2) is 9.79 Å². The number of fused-ring (bicyclic) bond motifs is 1. The summed E-state index contributed by atoms with van der Waals surface area (Å²) in [6.07, 6.45) is 3.40. The number of hydrogen-bond donors (Lipinski definition) is 0. The molecule has 1 aliphatic heterocycles. The molecule has 4 rings (SSSR count). The molecule has 9 nitrogen and oxygen atoms in total. The average Bonchev–Trinajstić information content (AvgIpc) is 3.25. The van der Waals surface area contributed by atoms with Crippen LogP contribution in [0.1, 0.15) is 37.9 Å². The van der Waals surface area contributed by atoms with E-state index in [-0.39, 0.29) is 24.3 Å². The number of nitrogens with zero attached hydrogens (tertiary/aromatic N) is 3. The van der Waals surface area contributed by atoms with E-state index in [4.69, 9.17) is 24.2 Å². The van der Waals surface area contributed by atoms with Crippen LogP contribution in [0, 0.1) is 11.3 Å². The van der Waals surface area contributed by atoms with Crippen molar-refractivity contribution in [3.8, 4) is 23.3 Å². The fourth-order valence-corrected chi connectivity index (χ4v) is 5.31. The third-order valence-electron chi connectivity index (χ3n) is 5.94. The van der Waals surface area contributed by atoms with Crippen LogP contribution in [0.5, 0.6) is 17.2 Å². The predicted octanol–water partition coefficient (Wildman–Crippen LogP) is 3.66. The second kappa shape index (κ2) is 13.0. The van der Waals surface area contributed by atoms with Crippen molar-refractivity contribution in [3.63, 3.8) is 0 Å². The second-order valence-corrected chi connectivity index (χ2v) is 9.57. The maximum Gasteiger partial charge on any atom is 0.338 e. The Labute approximate surface area is 235 Å². The van der Waals surface area contributed by atoms with Gasteiger partial charge in [0.25, 0.3) is 5.56 Å². The number of rotatable bonds is 11. The Hall–Kier alpha value is -4.62. The zero-order chi connectivity index (χ0) is 28.6. The Morgan fingerprint density at radius 1 is 1.12 bits per heavy atom. The molecule has 0 aliphatic carbocycles. The third kappa shape index (κ3) is 6.00. The highest BCUT2D eigenvalue weighted by Gasteiger charge is 2.34. The second-order valence-electron chi connectivity index (χ2n) is 8.56. The molecule has 0 bridgehead atoms. The van der Waals surface area contributed by atoms with Crippen molar-refractivity contribution in [2.24, 2.45) is 4.99 Å². The normalized spacial score (nSPS) is 14.6. The van der Waals surface area contributed by atoms with Gasteiger partial charge < -0.3 is 18.9 Å². The first-order valence-electron chi connectivity index (χ1n) is 12.7. The Morgan fingerprint density at radius 3 is 2.58 bits per heavy atom. The average molecular weight is 560 g/mol. The van der Waals surface area contributed by atoms with Gasteiger partial charge in [-0.15, -0.1) is 0 Å². The molecule has 2 heterocycles. The fraction of sp³-hybridized carbons (Fsp3) is 0.267. The molecule has 0 fully saturated rings. The lowest BCUT2D eigenvalue weighted by atomic mass is 9.95. The summed E-state index contributed by atoms with van der Waals surface area (Å²) in [7, 11) is 0. The zero-order valence-electron chi connectivity index (χ0n) is 22.5. The minimum atomic E-state index is -0.785. The Balaban J connectivity index is 1.86. The quantitative estimate of drug-likeness (QED) is 0.260. The van der Waals surface area contributed by atoms with Gasteiger partial charge in [-0.05, 0) is 62.2 Å². The molecule has 0 unspecified atom stereocenters. The lowest BCUT2D eigenvalue weighted by Gasteiger charge is -2.25. The molecule has 0 spiro atoms. The van der Waals surface area contributed by atoms with Gasteiger partial charge in [-0.1, -0.05) is 42.2 Å². The van der Waals surface area contributed by atoms with Crippen LogP contribution in [0.4, 0.5) is 0 Å². The highest BCUT2D eigenvalue weighted by Crippen LogP contribution is 2.36. The number of carbonyl (C=O) groups excluding carboxylic acids is 1. The minimum Gasteiger partial charge on any atom is -0.490 e. The summed E-state index contributed by atoms with van der Waals surface area (Å²) in [5.74, 6) is 1.03. The van der Waals surface area contributed by atoms with Crippen LogP contribution in [-0.4, -0.2) is 37.0 Å². The van der Waals surface area contributed by atoms with Crippen LogP contribution in [0.25, 0.3) is 6.08 Å². The van der Waals surface area contributed by atoms with E-state index in [9.17, 15) is 9.59 Å². The molecular weight excluding hydrogens is 530 g/mol. The van der Waals surface area contributed by atoms with E-state index >= 15 is 0 Å². The van der Waals surface area contributed by atoms with Crippen molar-refractivity contribution in [2.45, 2.75) is 26.8 Å². The fourth-order valence-electron chi connectivity index (χ4n) is 4.27. The number of hydrogen-bond acceptors (Lipinski definition) is 9. The molecule has 1 atom stereocenters. The minimum absolute atomic E-state index is 0.0491. The lowest BCUT2D eigenvalue weighted by molar-refractivity contribution is -0.139. The highest BCUT2D eigenvalue weighted by atomic mass is 32.1. The maximum atomic E-state index is 13.8. The number of nitriles is 1. The molecule has 206 valence electrons. The van der Waals surface area contributed by atoms with Crippen molar-refractivity contribution in [2.75, 3.05) is 26.4 Å². The van der Waals surface area contributed by atoms with E-state index in [1.165, 1.54) is 15.9 Å². The van der Waals surface area contributed by atoms with Crippen LogP contribution in [0.15, 0.2) is 76.2 Å². The highest BCUT2D eigenvalue weighted by molar-refractivity contribution is 7.07. The maximum absolute atomic E-state index is 13.8. The van der Waals surface area contributed by atoms with Crippen molar-refractivity contribution >= 4 is 23.4 Å². The summed E-state index contributed by atoms with van der Waals surface area (Å²) in [6.45, 7) is 9.85. The molecule has 1 aromatic heterocycles. The van der Waals surface area contributed by atoms with Crippen LogP contribution >= 0.6 is 11.3 Å². The van der Waals surface area contributed by atoms with Crippen molar-refractivity contribution in [3.05, 3.63) is 97.2 Å². The summed E-state index contributed by atoms with van der Waals surface area (Å²) in [6, 6.07) is 13.6. The van der Waals surface area contributed by atoms with E-state index in [1.54, 1.807) is 68.5 Å². The van der Waals surface area contributed by atoms with Crippen molar-refractivity contribution in [1.29, 1.82) is 5.26 Å². The van der Waals surface area contributed by atoms with Gasteiger partial charge in [0.15, 0.2) is 22.9 Å². The van der Waals surface area contributed by atoms with Gasteiger partial charge >= 0.3 is 5.97 Å². The number of benzene rings is 2. The monoisotopic (exact) mass is 559 g/mol. The molecule has 0 radical (unpaired) electrons. The molecule has 0 amide bonds. The van der Waals surface area contributed by atoms with Gasteiger partial charge in [0.2, 0.25) is 0 Å². The van der Waals surface area contributed by atoms with Crippen LogP contribution in [0.2, 0.25) is 0 Å². The Bertz CT molecular complexity index is 1660. The first-order chi connectivity index (χ1) is 19.4. The topological polar surface area (TPSA) is 112 Å². The largest absolute Gasteiger partial charge is 0.490 e. The standard InChI is InChI=1S/C30H29N3O6S/c1-5-15-39-23-13-10-21(18-24(23)36-6-2)27-26(29(35)37-7-3)19(4)32-30-33(27)28(34)25(40-30)17-20-8-11-22(12-9-20)38-16-14-31/h5,8-13,17-18,27H,1,6-7,15-16H2,2-4H3/t27-/m0/s1. The number of aromatic nitrogens is 1. The van der Waals surface area contributed by atoms with Crippen LogP contribution < -0.4 is 29.1 Å². The van der Waals surface area contributed by atoms with Gasteiger partial charge in [-0.3, -0.25) is 9.36 Å². The predicted molar refractivity (Wildman–Crippen MR) is 151 cm³/mol. The summed E-state index contributed by atoms with van der Waals surface area (Å²) >= 11 is 1.23. The smallest absolute Gasteiger partial charge is 0.338 e. The van der Waals surface area contributed by atoms with Gasteiger partial charge in [0, 0.05) is 0 Å². The summed E-state index contributed by atoms with van der Waals surface area (Å²) in [5.41, 5.74) is 1.88. The Kier molecular flexibility index (Phi) is 9.19. The molecule has 3 aromatic rings. The molecule has 0 saturated carbocycles. The first-order valence-corrected chi connectivity index (χ1v) is 13.5. The molecule has 10 heteroatoms. The number of esters is 1. The number of carbonyl (C=O) groups is 1. The van der Waals surface area contributed by atoms with Gasteiger partial charge in [-0.2, -0.15) is 5.26 Å². The third-order valence-corrected chi connectivity index (χ3v) is 6.92. The van der Waals surface area contributed by atoms with E-state index in [0.717, 1.165) is 5.56 Å². The lowest BCUT2D eigenvalue weighted by Crippen LogP contribution is -2.40. The number of thiazole rings is 1. The molecule has 0 saturated heterocycles. The summed E-state index contributed by atoms with van der Waals surface area (Å²) in [5, 5.41) is 8.71. The van der Waals surface area contributed by atoms with Crippen LogP contribution in [-0.2, 0) is 9.53 Å². The summed E-state index contributed by atoms with van der Waals surface area (Å²) in [4.78, 5) is 32.1. The van der Waals surface area contributed by atoms with E-state index in [2.05, 4.69) is 11.6 Å². The number of allylic oxidation sites excluding steroid dienone is 1. The first kappa shape index (κ1) is 28.4. The van der Waals surface area contributed by atoms with E-state index in [1.807, 2.05) is 13.0 Å². The molecule has 40 heavy (non-hydrogen) atoms. The van der Waals surface area contributed by atoms with Gasteiger partial charge in [0.05, 0.1) is 35.1 Å². The van der Waals surface area contributed by atoms with Crippen molar-refractivity contribution < 1.29 is 23.7 Å². The van der Waals surface area contributed by atoms with E-state index < -0.39 is 12.0 Å². The van der Waals surface area contributed by atoms with Gasteiger partial charge in [0.1, 0.15) is 18.4 Å². The SMILES string of the molecule is C=CCOc1ccc([C@H]2C(C(=O)OCC)=C(C)N=c3sc(=Cc4ccc(OCC#N)cc4)c(=O)n32)cc1OCC. The van der Waals surface area contributed by atoms with E-state index in [0.29, 0.717) is 51.1 Å². The molecule has 0 N–H and O–H groups in total. The molecule has 1 aliphatic rings. The van der Waals surface area contributed by atoms with Crippen LogP contribution in [0.3, 0.4) is 0 Å². The number of ether oxygens (including phenoxy) is 4. The zero-order valence-corrected chi connectivity index (χ0v) is 23.3. The Morgan fingerprint density at radius 2 is 1.90 bits per heavy atom. The van der Waals surface area contributed by atoms with Crippen molar-refractivity contribution in [1.82, 2.24) is 4.57 Å².